The summed E-state index contributed by atoms with van der Waals surface area (Å²) in [6.07, 6.45) is -1.19. The Kier molecular flexibility index (Phi) is 9.78. The van der Waals surface area contributed by atoms with E-state index in [1.807, 2.05) is 62.4 Å². The van der Waals surface area contributed by atoms with Crippen LogP contribution in [0.2, 0.25) is 0 Å². The second-order valence-corrected chi connectivity index (χ2v) is 11.5. The Hall–Kier alpha value is -4.08. The molecule has 3 rings (SSSR count). The Morgan fingerprint density at radius 2 is 1.48 bits per heavy atom. The molecule has 1 atom stereocenters. The SMILES string of the molecule is CC(C)(CCNC(=O)CC[C@H](NC(=O)OCC1c2ccccc2-c2ccccc21)C(=O)O)NC(=O)OC(C)(C)C. The smallest absolute Gasteiger partial charge is 0.408 e. The van der Waals surface area contributed by atoms with Crippen LogP contribution in [-0.4, -0.2) is 59.5 Å². The third-order valence-corrected chi connectivity index (χ3v) is 6.51. The Balaban J connectivity index is 1.43. The summed E-state index contributed by atoms with van der Waals surface area (Å²) in [5.74, 6) is -1.78. The highest BCUT2D eigenvalue weighted by atomic mass is 16.6. The van der Waals surface area contributed by atoms with Gasteiger partial charge in [0.25, 0.3) is 0 Å². The van der Waals surface area contributed by atoms with E-state index in [0.717, 1.165) is 22.3 Å². The maximum Gasteiger partial charge on any atom is 0.408 e. The van der Waals surface area contributed by atoms with Crippen LogP contribution < -0.4 is 16.0 Å². The van der Waals surface area contributed by atoms with Crippen molar-refractivity contribution in [2.75, 3.05) is 13.2 Å². The van der Waals surface area contributed by atoms with Gasteiger partial charge in [0.05, 0.1) is 0 Å². The van der Waals surface area contributed by atoms with Crippen LogP contribution in [0.25, 0.3) is 11.1 Å². The number of ether oxygens (including phenoxy) is 2. The molecule has 40 heavy (non-hydrogen) atoms. The van der Waals surface area contributed by atoms with E-state index in [9.17, 15) is 24.3 Å². The van der Waals surface area contributed by atoms with Gasteiger partial charge in [-0.25, -0.2) is 14.4 Å². The Morgan fingerprint density at radius 1 is 0.900 bits per heavy atom. The molecule has 0 aliphatic heterocycles. The number of rotatable bonds is 11. The zero-order valence-corrected chi connectivity index (χ0v) is 23.7. The maximum atomic E-state index is 12.5. The summed E-state index contributed by atoms with van der Waals surface area (Å²) in [5, 5.41) is 17.4. The fourth-order valence-electron chi connectivity index (χ4n) is 4.56. The summed E-state index contributed by atoms with van der Waals surface area (Å²) < 4.78 is 10.7. The highest BCUT2D eigenvalue weighted by molar-refractivity contribution is 5.82. The van der Waals surface area contributed by atoms with Gasteiger partial charge in [-0.2, -0.15) is 0 Å². The fraction of sp³-hybridized carbons (Fsp3) is 0.467. The van der Waals surface area contributed by atoms with Gasteiger partial charge < -0.3 is 30.5 Å². The number of nitrogens with one attached hydrogen (secondary N) is 3. The number of hydrogen-bond acceptors (Lipinski definition) is 6. The first kappa shape index (κ1) is 30.5. The Labute approximate surface area is 234 Å². The summed E-state index contributed by atoms with van der Waals surface area (Å²) in [4.78, 5) is 48.6. The number of carbonyl (C=O) groups excluding carboxylic acids is 3. The molecule has 4 N–H and O–H groups in total. The lowest BCUT2D eigenvalue weighted by atomic mass is 9.98. The molecule has 0 saturated heterocycles. The van der Waals surface area contributed by atoms with E-state index in [0.29, 0.717) is 6.42 Å². The first-order valence-corrected chi connectivity index (χ1v) is 13.4. The van der Waals surface area contributed by atoms with Crippen molar-refractivity contribution in [3.8, 4) is 11.1 Å². The number of hydrogen-bond donors (Lipinski definition) is 4. The third kappa shape index (κ3) is 8.72. The molecular formula is C30H39N3O7. The zero-order valence-electron chi connectivity index (χ0n) is 23.7. The number of alkyl carbamates (subject to hydrolysis) is 2. The topological polar surface area (TPSA) is 143 Å². The first-order valence-electron chi connectivity index (χ1n) is 13.4. The molecule has 0 saturated carbocycles. The predicted molar refractivity (Wildman–Crippen MR) is 150 cm³/mol. The molecule has 0 unspecified atom stereocenters. The highest BCUT2D eigenvalue weighted by Crippen LogP contribution is 2.44. The van der Waals surface area contributed by atoms with Crippen LogP contribution in [-0.2, 0) is 19.1 Å². The quantitative estimate of drug-likeness (QED) is 0.319. The van der Waals surface area contributed by atoms with Crippen LogP contribution in [0.4, 0.5) is 9.59 Å². The molecule has 3 amide bonds. The Bertz CT molecular complexity index is 1190. The number of fused-ring (bicyclic) bond motifs is 3. The maximum absolute atomic E-state index is 12.5. The lowest BCUT2D eigenvalue weighted by Gasteiger charge is -2.28. The van der Waals surface area contributed by atoms with Crippen LogP contribution in [0, 0.1) is 0 Å². The van der Waals surface area contributed by atoms with Crippen LogP contribution in [0.15, 0.2) is 48.5 Å². The standard InChI is InChI=1S/C30H39N3O7/c1-29(2,3)40-28(38)33-30(4,5)16-17-31-25(34)15-14-24(26(35)36)32-27(37)39-18-23-21-12-8-6-10-19(21)20-11-7-9-13-22(20)23/h6-13,23-24H,14-18H2,1-5H3,(H,31,34)(H,32,37)(H,33,38)(H,35,36)/t24-/m0/s1. The van der Waals surface area contributed by atoms with Gasteiger partial charge in [0.2, 0.25) is 5.91 Å². The number of benzene rings is 2. The third-order valence-electron chi connectivity index (χ3n) is 6.51. The number of carboxylic acids is 1. The van der Waals surface area contributed by atoms with Crippen LogP contribution >= 0.6 is 0 Å². The lowest BCUT2D eigenvalue weighted by Crippen LogP contribution is -2.47. The van der Waals surface area contributed by atoms with Crippen molar-refractivity contribution in [1.29, 1.82) is 0 Å². The molecule has 10 heteroatoms. The lowest BCUT2D eigenvalue weighted by molar-refractivity contribution is -0.139. The van der Waals surface area contributed by atoms with Crippen molar-refractivity contribution in [3.63, 3.8) is 0 Å². The molecule has 1 aliphatic carbocycles. The number of carbonyl (C=O) groups is 4. The average molecular weight is 554 g/mol. The van der Waals surface area contributed by atoms with Gasteiger partial charge in [-0.15, -0.1) is 0 Å². The van der Waals surface area contributed by atoms with E-state index in [4.69, 9.17) is 9.47 Å². The molecule has 1 aliphatic rings. The molecule has 0 aromatic heterocycles. The minimum Gasteiger partial charge on any atom is -0.480 e. The van der Waals surface area contributed by atoms with Crippen molar-refractivity contribution in [1.82, 2.24) is 16.0 Å². The summed E-state index contributed by atoms with van der Waals surface area (Å²) in [6, 6.07) is 14.5. The molecule has 0 bridgehead atoms. The van der Waals surface area contributed by atoms with Gasteiger partial charge in [0.15, 0.2) is 0 Å². The van der Waals surface area contributed by atoms with Crippen LogP contribution in [0.1, 0.15) is 70.9 Å². The summed E-state index contributed by atoms with van der Waals surface area (Å²) in [5.41, 5.74) is 3.02. The number of aliphatic carboxylic acids is 1. The number of carboxylic acid groups (broad SMARTS) is 1. The largest absolute Gasteiger partial charge is 0.480 e. The van der Waals surface area contributed by atoms with E-state index < -0.39 is 35.3 Å². The van der Waals surface area contributed by atoms with E-state index in [1.165, 1.54) is 0 Å². The monoisotopic (exact) mass is 553 g/mol. The molecule has 0 heterocycles. The minimum atomic E-state index is -1.29. The van der Waals surface area contributed by atoms with E-state index >= 15 is 0 Å². The predicted octanol–water partition coefficient (Wildman–Crippen LogP) is 4.57. The van der Waals surface area contributed by atoms with Gasteiger partial charge in [-0.05, 0) is 69.7 Å². The van der Waals surface area contributed by atoms with Gasteiger partial charge in [0, 0.05) is 24.4 Å². The van der Waals surface area contributed by atoms with Crippen molar-refractivity contribution in [2.45, 2.75) is 77.0 Å². The van der Waals surface area contributed by atoms with Crippen LogP contribution in [0.3, 0.4) is 0 Å². The molecule has 10 nitrogen and oxygen atoms in total. The van der Waals surface area contributed by atoms with Gasteiger partial charge in [0.1, 0.15) is 18.2 Å². The molecule has 0 fully saturated rings. The average Bonchev–Trinajstić information content (AvgIpc) is 3.17. The normalized spacial score (nSPS) is 13.4. The first-order chi connectivity index (χ1) is 18.8. The highest BCUT2D eigenvalue weighted by Gasteiger charge is 2.30. The number of amides is 3. The second kappa shape index (κ2) is 12.8. The van der Waals surface area contributed by atoms with E-state index in [-0.39, 0.29) is 37.8 Å². The van der Waals surface area contributed by atoms with E-state index in [1.54, 1.807) is 20.8 Å². The van der Waals surface area contributed by atoms with Crippen molar-refractivity contribution < 1.29 is 33.8 Å². The second-order valence-electron chi connectivity index (χ2n) is 11.5. The van der Waals surface area contributed by atoms with Crippen molar-refractivity contribution in [2.24, 2.45) is 0 Å². The molecule has 0 radical (unpaired) electrons. The molecule has 216 valence electrons. The van der Waals surface area contributed by atoms with Crippen LogP contribution in [0.5, 0.6) is 0 Å². The van der Waals surface area contributed by atoms with Gasteiger partial charge in [-0.1, -0.05) is 48.5 Å². The summed E-state index contributed by atoms with van der Waals surface area (Å²) in [6.45, 7) is 9.24. The van der Waals surface area contributed by atoms with Crippen molar-refractivity contribution in [3.05, 3.63) is 59.7 Å². The fourth-order valence-corrected chi connectivity index (χ4v) is 4.56. The minimum absolute atomic E-state index is 0.0554. The molecule has 2 aromatic carbocycles. The molecular weight excluding hydrogens is 514 g/mol. The van der Waals surface area contributed by atoms with Gasteiger partial charge >= 0.3 is 18.2 Å². The summed E-state index contributed by atoms with van der Waals surface area (Å²) >= 11 is 0. The zero-order chi connectivity index (χ0) is 29.5. The van der Waals surface area contributed by atoms with Gasteiger partial charge in [-0.3, -0.25) is 4.79 Å². The van der Waals surface area contributed by atoms with E-state index in [2.05, 4.69) is 16.0 Å². The van der Waals surface area contributed by atoms with Crippen molar-refractivity contribution >= 4 is 24.1 Å². The molecule has 2 aromatic rings. The Morgan fingerprint density at radius 3 is 2.02 bits per heavy atom. The molecule has 0 spiro atoms. The summed E-state index contributed by atoms with van der Waals surface area (Å²) in [7, 11) is 0.